The van der Waals surface area contributed by atoms with Crippen molar-refractivity contribution in [2.75, 3.05) is 26.3 Å². The standard InChI is InChI=1S/C12H21NO2/c1-12(2-4-15-5-3-12)7-10-6-11(14)9-13-8-10/h6,11,13-14H,2-5,7-9H2,1H3. The van der Waals surface area contributed by atoms with Gasteiger partial charge in [0, 0.05) is 26.3 Å². The number of nitrogens with one attached hydrogen (secondary N) is 1. The highest BCUT2D eigenvalue weighted by Crippen LogP contribution is 2.36. The lowest BCUT2D eigenvalue weighted by Crippen LogP contribution is -2.35. The zero-order chi connectivity index (χ0) is 10.7. The predicted octanol–water partition coefficient (Wildman–Crippen LogP) is 1.08. The molecule has 0 aromatic heterocycles. The molecule has 2 rings (SSSR count). The first-order valence-electron chi connectivity index (χ1n) is 5.84. The maximum atomic E-state index is 9.53. The zero-order valence-corrected chi connectivity index (χ0v) is 9.46. The van der Waals surface area contributed by atoms with E-state index in [0.29, 0.717) is 12.0 Å². The third-order valence-electron chi connectivity index (χ3n) is 3.49. The van der Waals surface area contributed by atoms with Gasteiger partial charge >= 0.3 is 0 Å². The Morgan fingerprint density at radius 3 is 2.93 bits per heavy atom. The Morgan fingerprint density at radius 1 is 1.53 bits per heavy atom. The van der Waals surface area contributed by atoms with Crippen LogP contribution in [-0.4, -0.2) is 37.5 Å². The summed E-state index contributed by atoms with van der Waals surface area (Å²) in [5.74, 6) is 0. The van der Waals surface area contributed by atoms with Crippen molar-refractivity contribution in [2.45, 2.75) is 32.3 Å². The van der Waals surface area contributed by atoms with Crippen molar-refractivity contribution in [1.82, 2.24) is 5.32 Å². The molecule has 1 fully saturated rings. The smallest absolute Gasteiger partial charge is 0.0848 e. The molecule has 0 amide bonds. The monoisotopic (exact) mass is 211 g/mol. The maximum Gasteiger partial charge on any atom is 0.0848 e. The average molecular weight is 211 g/mol. The van der Waals surface area contributed by atoms with Crippen LogP contribution in [0, 0.1) is 5.41 Å². The topological polar surface area (TPSA) is 41.5 Å². The van der Waals surface area contributed by atoms with Crippen LogP contribution in [0.4, 0.5) is 0 Å². The molecule has 0 aromatic rings. The zero-order valence-electron chi connectivity index (χ0n) is 9.46. The van der Waals surface area contributed by atoms with E-state index >= 15 is 0 Å². The second-order valence-corrected chi connectivity index (χ2v) is 5.12. The summed E-state index contributed by atoms with van der Waals surface area (Å²) in [6.45, 7) is 5.74. The average Bonchev–Trinajstić information content (AvgIpc) is 2.18. The van der Waals surface area contributed by atoms with Crippen molar-refractivity contribution in [3.8, 4) is 0 Å². The van der Waals surface area contributed by atoms with Gasteiger partial charge in [0.25, 0.3) is 0 Å². The summed E-state index contributed by atoms with van der Waals surface area (Å²) < 4.78 is 5.39. The molecule has 3 heteroatoms. The summed E-state index contributed by atoms with van der Waals surface area (Å²) in [5.41, 5.74) is 1.74. The minimum atomic E-state index is -0.294. The highest BCUT2D eigenvalue weighted by Gasteiger charge is 2.28. The summed E-state index contributed by atoms with van der Waals surface area (Å²) >= 11 is 0. The molecule has 15 heavy (non-hydrogen) atoms. The minimum Gasteiger partial charge on any atom is -0.388 e. The van der Waals surface area contributed by atoms with Gasteiger partial charge in [-0.05, 0) is 24.7 Å². The fourth-order valence-corrected chi connectivity index (χ4v) is 2.48. The molecule has 0 bridgehead atoms. The Hall–Kier alpha value is -0.380. The van der Waals surface area contributed by atoms with E-state index in [1.54, 1.807) is 0 Å². The Balaban J connectivity index is 1.94. The Kier molecular flexibility index (Phi) is 3.44. The first-order chi connectivity index (χ1) is 7.18. The maximum absolute atomic E-state index is 9.53. The van der Waals surface area contributed by atoms with E-state index in [0.717, 1.165) is 39.0 Å². The van der Waals surface area contributed by atoms with Crippen LogP contribution >= 0.6 is 0 Å². The van der Waals surface area contributed by atoms with Crippen molar-refractivity contribution in [1.29, 1.82) is 0 Å². The molecule has 0 saturated carbocycles. The van der Waals surface area contributed by atoms with Crippen LogP contribution < -0.4 is 5.32 Å². The van der Waals surface area contributed by atoms with E-state index in [9.17, 15) is 5.11 Å². The molecular weight excluding hydrogens is 190 g/mol. The molecule has 2 heterocycles. The molecule has 2 aliphatic heterocycles. The van der Waals surface area contributed by atoms with Crippen LogP contribution in [0.15, 0.2) is 11.6 Å². The number of rotatable bonds is 2. The normalized spacial score (nSPS) is 31.1. The van der Waals surface area contributed by atoms with Gasteiger partial charge in [-0.3, -0.25) is 0 Å². The van der Waals surface area contributed by atoms with Gasteiger partial charge in [0.2, 0.25) is 0 Å². The van der Waals surface area contributed by atoms with Crippen molar-refractivity contribution < 1.29 is 9.84 Å². The highest BCUT2D eigenvalue weighted by atomic mass is 16.5. The number of aliphatic hydroxyl groups excluding tert-OH is 1. The Morgan fingerprint density at radius 2 is 2.27 bits per heavy atom. The molecule has 0 spiro atoms. The molecule has 1 atom stereocenters. The molecule has 2 aliphatic rings. The van der Waals surface area contributed by atoms with Gasteiger partial charge in [0.15, 0.2) is 0 Å². The summed E-state index contributed by atoms with van der Waals surface area (Å²) in [7, 11) is 0. The molecule has 86 valence electrons. The molecule has 2 N–H and O–H groups in total. The quantitative estimate of drug-likeness (QED) is 0.672. The summed E-state index contributed by atoms with van der Waals surface area (Å²) in [6.07, 6.45) is 5.11. The fourth-order valence-electron chi connectivity index (χ4n) is 2.48. The minimum absolute atomic E-state index is 0.294. The van der Waals surface area contributed by atoms with Gasteiger partial charge in [0.1, 0.15) is 0 Å². The number of ether oxygens (including phenoxy) is 1. The number of aliphatic hydroxyl groups is 1. The van der Waals surface area contributed by atoms with Gasteiger partial charge in [-0.1, -0.05) is 18.6 Å². The fraction of sp³-hybridized carbons (Fsp3) is 0.833. The van der Waals surface area contributed by atoms with E-state index in [1.165, 1.54) is 5.57 Å². The largest absolute Gasteiger partial charge is 0.388 e. The third kappa shape index (κ3) is 3.03. The lowest BCUT2D eigenvalue weighted by Gasteiger charge is -2.35. The Bertz CT molecular complexity index is 244. The van der Waals surface area contributed by atoms with Crippen LogP contribution in [0.5, 0.6) is 0 Å². The molecule has 0 aliphatic carbocycles. The number of hydrogen-bond acceptors (Lipinski definition) is 3. The van der Waals surface area contributed by atoms with Crippen LogP contribution in [0.2, 0.25) is 0 Å². The predicted molar refractivity (Wildman–Crippen MR) is 59.7 cm³/mol. The number of β-amino-alcohol motifs (C(OH)–C–C–N with tert-alkyl or cyclic N) is 1. The van der Waals surface area contributed by atoms with Gasteiger partial charge in [-0.25, -0.2) is 0 Å². The molecular formula is C12H21NO2. The second-order valence-electron chi connectivity index (χ2n) is 5.12. The number of hydrogen-bond donors (Lipinski definition) is 2. The first kappa shape index (κ1) is 11.1. The van der Waals surface area contributed by atoms with E-state index in [-0.39, 0.29) is 6.10 Å². The second kappa shape index (κ2) is 4.64. The SMILES string of the molecule is CC1(CC2=CC(O)CNC2)CCOCC1. The van der Waals surface area contributed by atoms with Gasteiger partial charge in [0.05, 0.1) is 6.10 Å². The van der Waals surface area contributed by atoms with E-state index in [1.807, 2.05) is 6.08 Å². The van der Waals surface area contributed by atoms with Gasteiger partial charge < -0.3 is 15.2 Å². The summed E-state index contributed by atoms with van der Waals surface area (Å²) in [4.78, 5) is 0. The Labute approximate surface area is 91.5 Å². The molecule has 1 unspecified atom stereocenters. The molecule has 3 nitrogen and oxygen atoms in total. The lowest BCUT2D eigenvalue weighted by atomic mass is 9.76. The van der Waals surface area contributed by atoms with Crippen LogP contribution in [0.25, 0.3) is 0 Å². The molecule has 1 saturated heterocycles. The van der Waals surface area contributed by atoms with Crippen molar-refractivity contribution in [3.05, 3.63) is 11.6 Å². The van der Waals surface area contributed by atoms with Crippen LogP contribution in [0.1, 0.15) is 26.2 Å². The van der Waals surface area contributed by atoms with E-state index in [2.05, 4.69) is 12.2 Å². The summed E-state index contributed by atoms with van der Waals surface area (Å²) in [6, 6.07) is 0. The summed E-state index contributed by atoms with van der Waals surface area (Å²) in [5, 5.41) is 12.8. The van der Waals surface area contributed by atoms with Crippen LogP contribution in [0.3, 0.4) is 0 Å². The van der Waals surface area contributed by atoms with Crippen molar-refractivity contribution >= 4 is 0 Å². The highest BCUT2D eigenvalue weighted by molar-refractivity contribution is 5.13. The first-order valence-corrected chi connectivity index (χ1v) is 5.84. The van der Waals surface area contributed by atoms with E-state index in [4.69, 9.17) is 4.74 Å². The van der Waals surface area contributed by atoms with Crippen molar-refractivity contribution in [2.24, 2.45) is 5.41 Å². The lowest BCUT2D eigenvalue weighted by molar-refractivity contribution is 0.0235. The van der Waals surface area contributed by atoms with Gasteiger partial charge in [-0.2, -0.15) is 0 Å². The van der Waals surface area contributed by atoms with Crippen LogP contribution in [-0.2, 0) is 4.74 Å². The third-order valence-corrected chi connectivity index (χ3v) is 3.49. The van der Waals surface area contributed by atoms with Crippen molar-refractivity contribution in [3.63, 3.8) is 0 Å². The molecule has 0 aromatic carbocycles. The molecule has 0 radical (unpaired) electrons. The van der Waals surface area contributed by atoms with E-state index < -0.39 is 0 Å². The van der Waals surface area contributed by atoms with Gasteiger partial charge in [-0.15, -0.1) is 0 Å².